The van der Waals surface area contributed by atoms with E-state index in [0.717, 1.165) is 102 Å². The van der Waals surface area contributed by atoms with Crippen molar-refractivity contribution in [3.63, 3.8) is 0 Å². The Bertz CT molecular complexity index is 2180. The first-order valence-corrected chi connectivity index (χ1v) is 23.5. The van der Waals surface area contributed by atoms with Crippen LogP contribution in [0.2, 0.25) is 0 Å². The van der Waals surface area contributed by atoms with Crippen LogP contribution in [-0.4, -0.2) is 65.4 Å². The number of hydrogen-bond acceptors (Lipinski definition) is 11. The van der Waals surface area contributed by atoms with Crippen molar-refractivity contribution < 1.29 is 70.0 Å². The normalized spacial score (nSPS) is 29.9. The molecule has 6 unspecified atom stereocenters. The maximum atomic E-state index is 14.9. The molecule has 0 amide bonds. The second-order valence-electron chi connectivity index (χ2n) is 16.0. The van der Waals surface area contributed by atoms with Crippen molar-refractivity contribution in [3.8, 4) is 5.75 Å². The fourth-order valence-corrected chi connectivity index (χ4v) is 14.2. The maximum absolute atomic E-state index is 14.9. The Morgan fingerprint density at radius 2 is 1.16 bits per heavy atom. The Hall–Kier alpha value is -2.68. The number of fused-ring (bicyclic) bond motifs is 1. The molecule has 2 aromatic rings. The summed E-state index contributed by atoms with van der Waals surface area (Å²) in [6.07, 6.45) is 7.41. The minimum Gasteiger partial charge on any atom is -0.420 e. The van der Waals surface area contributed by atoms with Gasteiger partial charge in [-0.15, -0.1) is 0 Å². The summed E-state index contributed by atoms with van der Waals surface area (Å²) in [5.41, 5.74) is 2.39. The molecule has 6 atom stereocenters. The molecular formula is C37H42F4O12S3. The van der Waals surface area contributed by atoms with E-state index in [1.54, 1.807) is 0 Å². The van der Waals surface area contributed by atoms with Crippen LogP contribution in [-0.2, 0) is 48.3 Å². The van der Waals surface area contributed by atoms with Crippen molar-refractivity contribution in [1.82, 2.24) is 0 Å². The first-order valence-electron chi connectivity index (χ1n) is 19.2. The highest BCUT2D eigenvalue weighted by Crippen LogP contribution is 2.53. The van der Waals surface area contributed by atoms with Crippen LogP contribution in [0.3, 0.4) is 0 Å². The van der Waals surface area contributed by atoms with Gasteiger partial charge in [-0.3, -0.25) is 17.7 Å². The molecule has 56 heavy (non-hydrogen) atoms. The summed E-state index contributed by atoms with van der Waals surface area (Å²) < 4.78 is 169. The van der Waals surface area contributed by atoms with Crippen molar-refractivity contribution in [2.75, 3.05) is 0 Å². The molecule has 0 spiro atoms. The third-order valence-corrected chi connectivity index (χ3v) is 16.7. The molecule has 0 aromatic heterocycles. The van der Waals surface area contributed by atoms with Crippen molar-refractivity contribution in [3.05, 3.63) is 52.1 Å². The third kappa shape index (κ3) is 6.89. The Morgan fingerprint density at radius 3 is 1.64 bits per heavy atom. The van der Waals surface area contributed by atoms with Crippen molar-refractivity contribution in [1.29, 1.82) is 0 Å². The monoisotopic (exact) mass is 850 g/mol. The van der Waals surface area contributed by atoms with E-state index in [2.05, 4.69) is 4.74 Å². The molecule has 6 fully saturated rings. The van der Waals surface area contributed by atoms with Gasteiger partial charge in [0.25, 0.3) is 20.2 Å². The van der Waals surface area contributed by atoms with Crippen LogP contribution in [0, 0.1) is 29.2 Å². The number of carbonyl (C=O) groups is 1. The van der Waals surface area contributed by atoms with Crippen molar-refractivity contribution in [2.45, 2.75) is 154 Å². The van der Waals surface area contributed by atoms with Crippen molar-refractivity contribution >= 4 is 36.3 Å². The quantitative estimate of drug-likeness (QED) is 0.0698. The average Bonchev–Trinajstić information content (AvgIpc) is 3.79. The van der Waals surface area contributed by atoms with Crippen LogP contribution in [0.25, 0.3) is 0 Å². The largest absolute Gasteiger partial charge is 0.420 e. The Balaban J connectivity index is 1.18. The van der Waals surface area contributed by atoms with E-state index in [1.165, 1.54) is 0 Å². The van der Waals surface area contributed by atoms with Crippen molar-refractivity contribution in [2.24, 2.45) is 5.92 Å². The van der Waals surface area contributed by atoms with E-state index in [9.17, 15) is 47.6 Å². The summed E-state index contributed by atoms with van der Waals surface area (Å²) in [6.45, 7) is 0. The molecule has 308 valence electrons. The first kappa shape index (κ1) is 40.1. The van der Waals surface area contributed by atoms with E-state index in [0.29, 0.717) is 11.1 Å². The molecule has 3 saturated heterocycles. The fourth-order valence-electron chi connectivity index (χ4n) is 10.1. The summed E-state index contributed by atoms with van der Waals surface area (Å²) >= 11 is 0. The van der Waals surface area contributed by atoms with E-state index >= 15 is 0 Å². The second-order valence-corrected chi connectivity index (χ2v) is 20.6. The molecule has 3 saturated carbocycles. The second kappa shape index (κ2) is 14.9. The van der Waals surface area contributed by atoms with Gasteiger partial charge in [-0.05, 0) is 73.0 Å². The number of halogens is 4. The van der Waals surface area contributed by atoms with E-state index in [1.807, 2.05) is 12.1 Å². The standard InChI is InChI=1S/C37H42F4O12S3/c38-25-27(40)36(54(43,44)45)28(41)26(39)30(25)51-37(42)24-29-31(32-33(50-29)35(24)56(48,49)53-32)52-55(46,47)34-22(19-12-6-2-7-13-19)16-21(18-10-4-1-5-11-18)17-23(34)20-14-8-3-9-15-20/h16-20,24,29,31-33,35H,1-15H2,(H,43,44,45). The number of hydrogen-bond donors (Lipinski definition) is 1. The number of carbonyl (C=O) groups excluding carboxylic acids is 1. The lowest BCUT2D eigenvalue weighted by atomic mass is 9.76. The highest BCUT2D eigenvalue weighted by molar-refractivity contribution is 7.88. The zero-order valence-electron chi connectivity index (χ0n) is 30.1. The lowest BCUT2D eigenvalue weighted by molar-refractivity contribution is -0.142. The van der Waals surface area contributed by atoms with Gasteiger partial charge < -0.3 is 9.47 Å². The SMILES string of the molecule is O=C(Oc1c(F)c(F)c(S(=O)(=O)O)c(F)c1F)C1C2OC3C(OS(=O)(=O)C31)C2OS(=O)(=O)c1c(C2CCCCC2)cc(C2CCCCC2)cc1C1CCCCC1. The zero-order valence-corrected chi connectivity index (χ0v) is 32.6. The third-order valence-electron chi connectivity index (χ3n) is 12.6. The summed E-state index contributed by atoms with van der Waals surface area (Å²) in [7, 11) is -15.4. The highest BCUT2D eigenvalue weighted by atomic mass is 32.2. The van der Waals surface area contributed by atoms with Crippen LogP contribution in [0.1, 0.15) is 131 Å². The van der Waals surface area contributed by atoms with Gasteiger partial charge in [0.05, 0.1) is 0 Å². The maximum Gasteiger partial charge on any atom is 0.318 e. The number of rotatable bonds is 9. The smallest absolute Gasteiger partial charge is 0.318 e. The van der Waals surface area contributed by atoms with E-state index in [4.69, 9.17) is 17.7 Å². The summed E-state index contributed by atoms with van der Waals surface area (Å²) in [5, 5.41) is -1.88. The van der Waals surface area contributed by atoms with Gasteiger partial charge in [0.15, 0.2) is 16.5 Å². The Labute approximate surface area is 322 Å². The predicted octanol–water partition coefficient (Wildman–Crippen LogP) is 6.81. The number of benzene rings is 2. The highest BCUT2D eigenvalue weighted by Gasteiger charge is 2.74. The predicted molar refractivity (Wildman–Crippen MR) is 187 cm³/mol. The molecule has 2 bridgehead atoms. The molecule has 12 nitrogen and oxygen atoms in total. The molecule has 3 aliphatic carbocycles. The molecule has 3 heterocycles. The number of ether oxygens (including phenoxy) is 2. The molecule has 1 N–H and O–H groups in total. The molecule has 8 rings (SSSR count). The van der Waals surface area contributed by atoms with Gasteiger partial charge >= 0.3 is 16.1 Å². The number of esters is 1. The van der Waals surface area contributed by atoms with Crippen LogP contribution in [0.5, 0.6) is 5.75 Å². The fraction of sp³-hybridized carbons (Fsp3) is 0.649. The molecule has 2 aromatic carbocycles. The van der Waals surface area contributed by atoms with Gasteiger partial charge in [-0.25, -0.2) is 8.78 Å². The van der Waals surface area contributed by atoms with Gasteiger partial charge in [0.2, 0.25) is 17.4 Å². The van der Waals surface area contributed by atoms with Gasteiger partial charge in [0, 0.05) is 0 Å². The lowest BCUT2D eigenvalue weighted by Gasteiger charge is -2.33. The topological polar surface area (TPSA) is 177 Å². The lowest BCUT2D eigenvalue weighted by Crippen LogP contribution is -2.50. The molecular weight excluding hydrogens is 809 g/mol. The first-order chi connectivity index (χ1) is 26.5. The zero-order chi connectivity index (χ0) is 39.9. The average molecular weight is 851 g/mol. The van der Waals surface area contributed by atoms with Crippen LogP contribution in [0.4, 0.5) is 17.6 Å². The Morgan fingerprint density at radius 1 is 0.679 bits per heavy atom. The molecule has 19 heteroatoms. The minimum atomic E-state index is -5.84. The summed E-state index contributed by atoms with van der Waals surface area (Å²) in [4.78, 5) is 11.2. The molecule has 6 aliphatic rings. The molecule has 0 radical (unpaired) electrons. The summed E-state index contributed by atoms with van der Waals surface area (Å²) in [6, 6.07) is 4.01. The van der Waals surface area contributed by atoms with Gasteiger partial charge in [-0.1, -0.05) is 69.9 Å². The van der Waals surface area contributed by atoms with Gasteiger partial charge in [0.1, 0.15) is 40.5 Å². The van der Waals surface area contributed by atoms with E-state index in [-0.39, 0.29) is 22.6 Å². The molecule has 3 aliphatic heterocycles. The van der Waals surface area contributed by atoms with Crippen LogP contribution < -0.4 is 4.74 Å². The van der Waals surface area contributed by atoms with Crippen LogP contribution >= 0.6 is 0 Å². The van der Waals surface area contributed by atoms with Gasteiger partial charge in [-0.2, -0.15) is 34.0 Å². The van der Waals surface area contributed by atoms with Crippen LogP contribution in [0.15, 0.2) is 21.9 Å². The minimum absolute atomic E-state index is 0.0178. The summed E-state index contributed by atoms with van der Waals surface area (Å²) in [5.74, 6) is -16.1. The Kier molecular flexibility index (Phi) is 10.6. The van der Waals surface area contributed by atoms with E-state index < -0.39 is 106 Å².